The number of hydrogen-bond donors (Lipinski definition) is 2. The Kier molecular flexibility index (Phi) is 4.40. The van der Waals surface area contributed by atoms with Crippen LogP contribution < -0.4 is 10.1 Å². The summed E-state index contributed by atoms with van der Waals surface area (Å²) in [5.41, 5.74) is 2.74. The van der Waals surface area contributed by atoms with E-state index in [9.17, 15) is 5.11 Å². The molecule has 2 rings (SSSR count). The lowest BCUT2D eigenvalue weighted by Gasteiger charge is -2.19. The van der Waals surface area contributed by atoms with Crippen LogP contribution in [-0.4, -0.2) is 12.2 Å². The molecule has 0 amide bonds. The Bertz CT molecular complexity index is 613. The molecule has 0 spiro atoms. The van der Waals surface area contributed by atoms with Gasteiger partial charge >= 0.3 is 0 Å². The quantitative estimate of drug-likeness (QED) is 0.869. The molecule has 0 aliphatic rings. The van der Waals surface area contributed by atoms with Gasteiger partial charge in [0.25, 0.3) is 0 Å². The number of aromatic hydroxyl groups is 1. The molecule has 2 aromatic rings. The summed E-state index contributed by atoms with van der Waals surface area (Å²) < 4.78 is 5.31. The van der Waals surface area contributed by atoms with Crippen LogP contribution in [0.3, 0.4) is 0 Å². The predicted molar refractivity (Wildman–Crippen MR) is 82.9 cm³/mol. The summed E-state index contributed by atoms with van der Waals surface area (Å²) in [5.74, 6) is 0.991. The maximum absolute atomic E-state index is 9.97. The van der Waals surface area contributed by atoms with Crippen molar-refractivity contribution < 1.29 is 9.84 Å². The average molecular weight is 292 g/mol. The fourth-order valence-corrected chi connectivity index (χ4v) is 2.30. The largest absolute Gasteiger partial charge is 0.508 e. The number of aryl methyl sites for hydroxylation is 1. The molecule has 2 aromatic carbocycles. The molecule has 1 atom stereocenters. The third-order valence-corrected chi connectivity index (χ3v) is 3.42. The van der Waals surface area contributed by atoms with Crippen LogP contribution in [0.5, 0.6) is 11.5 Å². The van der Waals surface area contributed by atoms with Gasteiger partial charge < -0.3 is 15.2 Å². The fourth-order valence-electron chi connectivity index (χ4n) is 2.12. The zero-order valence-electron chi connectivity index (χ0n) is 11.8. The number of rotatable bonds is 4. The number of methoxy groups -OCH3 is 1. The normalized spacial score (nSPS) is 12.0. The van der Waals surface area contributed by atoms with Gasteiger partial charge in [-0.25, -0.2) is 0 Å². The van der Waals surface area contributed by atoms with E-state index < -0.39 is 0 Å². The molecule has 0 fully saturated rings. The van der Waals surface area contributed by atoms with Crippen molar-refractivity contribution in [2.24, 2.45) is 0 Å². The molecular weight excluding hydrogens is 274 g/mol. The monoisotopic (exact) mass is 291 g/mol. The van der Waals surface area contributed by atoms with E-state index in [4.69, 9.17) is 16.3 Å². The molecule has 0 aliphatic heterocycles. The molecule has 20 heavy (non-hydrogen) atoms. The average Bonchev–Trinajstić information content (AvgIpc) is 2.41. The van der Waals surface area contributed by atoms with Crippen molar-refractivity contribution in [3.8, 4) is 11.5 Å². The smallest absolute Gasteiger partial charge is 0.142 e. The summed E-state index contributed by atoms with van der Waals surface area (Å²) in [4.78, 5) is 0. The van der Waals surface area contributed by atoms with Crippen molar-refractivity contribution in [1.82, 2.24) is 0 Å². The molecule has 106 valence electrons. The van der Waals surface area contributed by atoms with Crippen LogP contribution in [0.4, 0.5) is 5.69 Å². The Morgan fingerprint density at radius 3 is 2.65 bits per heavy atom. The fraction of sp³-hybridized carbons (Fsp3) is 0.250. The topological polar surface area (TPSA) is 41.5 Å². The van der Waals surface area contributed by atoms with Crippen molar-refractivity contribution in [2.75, 3.05) is 12.4 Å². The first-order valence-corrected chi connectivity index (χ1v) is 6.78. The van der Waals surface area contributed by atoms with Crippen LogP contribution in [0.25, 0.3) is 0 Å². The van der Waals surface area contributed by atoms with Gasteiger partial charge in [0, 0.05) is 10.6 Å². The molecule has 0 saturated carbocycles. The lowest BCUT2D eigenvalue weighted by Crippen LogP contribution is -2.08. The lowest BCUT2D eigenvalue weighted by molar-refractivity contribution is 0.416. The number of hydrogen-bond acceptors (Lipinski definition) is 3. The number of nitrogens with one attached hydrogen (secondary N) is 1. The standard InChI is InChI=1S/C16H18ClNO2/c1-10-4-6-15(19)13(8-10)11(2)18-14-9-12(17)5-7-16(14)20-3/h4-9,11,18-19H,1-3H3. The van der Waals surface area contributed by atoms with Crippen molar-refractivity contribution in [3.05, 3.63) is 52.5 Å². The van der Waals surface area contributed by atoms with Gasteiger partial charge in [0.2, 0.25) is 0 Å². The van der Waals surface area contributed by atoms with E-state index in [0.29, 0.717) is 10.8 Å². The van der Waals surface area contributed by atoms with Crippen LogP contribution >= 0.6 is 11.6 Å². The van der Waals surface area contributed by atoms with E-state index in [2.05, 4.69) is 5.32 Å². The summed E-state index contributed by atoms with van der Waals surface area (Å²) >= 11 is 6.01. The maximum Gasteiger partial charge on any atom is 0.142 e. The highest BCUT2D eigenvalue weighted by Gasteiger charge is 2.13. The summed E-state index contributed by atoms with van der Waals surface area (Å²) in [6, 6.07) is 10.9. The third kappa shape index (κ3) is 3.17. The minimum Gasteiger partial charge on any atom is -0.508 e. The van der Waals surface area contributed by atoms with Crippen LogP contribution in [0.1, 0.15) is 24.1 Å². The predicted octanol–water partition coefficient (Wildman–Crippen LogP) is 4.54. The summed E-state index contributed by atoms with van der Waals surface area (Å²) in [7, 11) is 1.61. The highest BCUT2D eigenvalue weighted by atomic mass is 35.5. The van der Waals surface area contributed by atoms with Gasteiger partial charge in [-0.1, -0.05) is 29.3 Å². The number of benzene rings is 2. The second-order valence-electron chi connectivity index (χ2n) is 4.77. The first-order valence-electron chi connectivity index (χ1n) is 6.41. The van der Waals surface area contributed by atoms with Crippen molar-refractivity contribution in [3.63, 3.8) is 0 Å². The summed E-state index contributed by atoms with van der Waals surface area (Å²) in [5, 5.41) is 13.9. The van der Waals surface area contributed by atoms with Gasteiger partial charge in [-0.15, -0.1) is 0 Å². The number of halogens is 1. The van der Waals surface area contributed by atoms with Crippen LogP contribution in [0, 0.1) is 6.92 Å². The number of phenols is 1. The Morgan fingerprint density at radius 1 is 1.20 bits per heavy atom. The van der Waals surface area contributed by atoms with Crippen molar-refractivity contribution >= 4 is 17.3 Å². The highest BCUT2D eigenvalue weighted by Crippen LogP contribution is 2.33. The molecule has 0 bridgehead atoms. The lowest BCUT2D eigenvalue weighted by atomic mass is 10.0. The molecule has 0 heterocycles. The minimum atomic E-state index is -0.0673. The first-order chi connectivity index (χ1) is 9.51. The Morgan fingerprint density at radius 2 is 1.95 bits per heavy atom. The van der Waals surface area contributed by atoms with Crippen LogP contribution in [0.15, 0.2) is 36.4 Å². The molecule has 0 aromatic heterocycles. The molecule has 0 radical (unpaired) electrons. The van der Waals surface area contributed by atoms with Gasteiger partial charge in [-0.2, -0.15) is 0 Å². The Hall–Kier alpha value is -1.87. The van der Waals surface area contributed by atoms with E-state index >= 15 is 0 Å². The summed E-state index contributed by atoms with van der Waals surface area (Å²) in [6.07, 6.45) is 0. The van der Waals surface area contributed by atoms with Crippen LogP contribution in [-0.2, 0) is 0 Å². The molecule has 4 heteroatoms. The first kappa shape index (κ1) is 14.5. The molecule has 3 nitrogen and oxygen atoms in total. The van der Waals surface area contributed by atoms with Gasteiger partial charge in [0.1, 0.15) is 11.5 Å². The van der Waals surface area contributed by atoms with Crippen molar-refractivity contribution in [1.29, 1.82) is 0 Å². The second kappa shape index (κ2) is 6.06. The van der Waals surface area contributed by atoms with Gasteiger partial charge in [-0.05, 0) is 38.1 Å². The van der Waals surface area contributed by atoms with Crippen molar-refractivity contribution in [2.45, 2.75) is 19.9 Å². The van der Waals surface area contributed by atoms with Crippen LogP contribution in [0.2, 0.25) is 5.02 Å². The van der Waals surface area contributed by atoms with E-state index in [0.717, 1.165) is 16.8 Å². The molecule has 0 aliphatic carbocycles. The van der Waals surface area contributed by atoms with E-state index in [1.807, 2.05) is 38.1 Å². The minimum absolute atomic E-state index is 0.0673. The van der Waals surface area contributed by atoms with Gasteiger partial charge in [0.15, 0.2) is 0 Å². The maximum atomic E-state index is 9.97. The third-order valence-electron chi connectivity index (χ3n) is 3.18. The van der Waals surface area contributed by atoms with E-state index in [1.54, 1.807) is 19.2 Å². The number of ether oxygens (including phenoxy) is 1. The van der Waals surface area contributed by atoms with Gasteiger partial charge in [0.05, 0.1) is 18.8 Å². The molecular formula is C16H18ClNO2. The number of anilines is 1. The number of phenolic OH excluding ortho intramolecular Hbond substituents is 1. The molecule has 1 unspecified atom stereocenters. The van der Waals surface area contributed by atoms with Gasteiger partial charge in [-0.3, -0.25) is 0 Å². The Labute approximate surface area is 124 Å². The van der Waals surface area contributed by atoms with E-state index in [1.165, 1.54) is 0 Å². The van der Waals surface area contributed by atoms with E-state index in [-0.39, 0.29) is 11.8 Å². The molecule has 0 saturated heterocycles. The highest BCUT2D eigenvalue weighted by molar-refractivity contribution is 6.30. The SMILES string of the molecule is COc1ccc(Cl)cc1NC(C)c1cc(C)ccc1O. The zero-order chi connectivity index (χ0) is 14.7. The zero-order valence-corrected chi connectivity index (χ0v) is 12.5. The molecule has 2 N–H and O–H groups in total. The second-order valence-corrected chi connectivity index (χ2v) is 5.21. The Balaban J connectivity index is 2.29. The summed E-state index contributed by atoms with van der Waals surface area (Å²) in [6.45, 7) is 3.98.